The van der Waals surface area contributed by atoms with Crippen molar-refractivity contribution in [1.82, 2.24) is 0 Å². The zero-order chi connectivity index (χ0) is 16.8. The molecule has 122 valence electrons. The highest BCUT2D eigenvalue weighted by Gasteiger charge is 2.16. The first kappa shape index (κ1) is 19.8. The second-order valence-corrected chi connectivity index (χ2v) is 6.96. The lowest BCUT2D eigenvalue weighted by molar-refractivity contribution is 0.182. The summed E-state index contributed by atoms with van der Waals surface area (Å²) in [6.45, 7) is -0.0373. The van der Waals surface area contributed by atoms with Crippen LogP contribution in [0, 0.1) is 0 Å². The predicted molar refractivity (Wildman–Crippen MR) is 75.9 cm³/mol. The first-order chi connectivity index (χ1) is 9.40. The summed E-state index contributed by atoms with van der Waals surface area (Å²) in [5.74, 6) is 0.366. The zero-order valence-electron chi connectivity index (χ0n) is 11.4. The number of hydrogen-bond donors (Lipinski definition) is 4. The van der Waals surface area contributed by atoms with Gasteiger partial charge in [0.05, 0.1) is 24.4 Å². The molecule has 1 aromatic carbocycles. The van der Waals surface area contributed by atoms with Crippen molar-refractivity contribution in [2.75, 3.05) is 19.9 Å². The summed E-state index contributed by atoms with van der Waals surface area (Å²) < 4.78 is 53.1. The van der Waals surface area contributed by atoms with Gasteiger partial charge in [0, 0.05) is 12.1 Å². The van der Waals surface area contributed by atoms with Crippen molar-refractivity contribution >= 4 is 20.1 Å². The largest absolute Gasteiger partial charge is 0.496 e. The van der Waals surface area contributed by atoms with Crippen LogP contribution in [0.3, 0.4) is 0 Å². The smallest absolute Gasteiger partial charge is 0.261 e. The van der Waals surface area contributed by atoms with Gasteiger partial charge in [-0.2, -0.15) is 8.42 Å². The van der Waals surface area contributed by atoms with E-state index in [0.29, 0.717) is 17.6 Å². The highest BCUT2D eigenvalue weighted by molar-refractivity contribution is 7.89. The number of benzene rings is 1. The maximum atomic E-state index is 11.1. The Morgan fingerprint density at radius 3 is 2.10 bits per heavy atom. The van der Waals surface area contributed by atoms with E-state index in [-0.39, 0.29) is 11.4 Å². The highest BCUT2D eigenvalue weighted by Crippen LogP contribution is 2.27. The summed E-state index contributed by atoms with van der Waals surface area (Å²) >= 11 is 0. The van der Waals surface area contributed by atoms with Gasteiger partial charge in [0.2, 0.25) is 10.0 Å². The lowest BCUT2D eigenvalue weighted by atomic mass is 10.1. The fourth-order valence-corrected chi connectivity index (χ4v) is 1.83. The van der Waals surface area contributed by atoms with E-state index in [2.05, 4.69) is 0 Å². The van der Waals surface area contributed by atoms with Crippen molar-refractivity contribution in [2.24, 2.45) is 10.9 Å². The average molecular weight is 342 g/mol. The Labute approximate surface area is 123 Å². The van der Waals surface area contributed by atoms with Crippen LogP contribution in [0.1, 0.15) is 11.7 Å². The van der Waals surface area contributed by atoms with E-state index < -0.39 is 26.2 Å². The van der Waals surface area contributed by atoms with Gasteiger partial charge in [0.1, 0.15) is 5.75 Å². The molecule has 0 aliphatic heterocycles. The second-order valence-electron chi connectivity index (χ2n) is 3.93. The van der Waals surface area contributed by atoms with Crippen molar-refractivity contribution in [2.45, 2.75) is 11.0 Å². The Morgan fingerprint density at radius 1 is 1.29 bits per heavy atom. The highest BCUT2D eigenvalue weighted by atomic mass is 32.2. The summed E-state index contributed by atoms with van der Waals surface area (Å²) in [5, 5.41) is 14.6. The van der Waals surface area contributed by atoms with Gasteiger partial charge >= 0.3 is 0 Å². The molecular formula is C10H18N2O7S2. The third-order valence-corrected chi connectivity index (χ3v) is 3.02. The Hall–Kier alpha value is -1.24. The Balaban J connectivity index is 0.000000690. The summed E-state index contributed by atoms with van der Waals surface area (Å²) in [6.07, 6.45) is -0.274. The molecule has 0 aromatic heterocycles. The van der Waals surface area contributed by atoms with E-state index in [0.717, 1.165) is 0 Å². The number of aliphatic hydroxyl groups is 1. The number of rotatable bonds is 4. The number of primary sulfonamides is 1. The van der Waals surface area contributed by atoms with Gasteiger partial charge in [-0.05, 0) is 18.2 Å². The van der Waals surface area contributed by atoms with Crippen LogP contribution >= 0.6 is 0 Å². The molecule has 0 saturated heterocycles. The third-order valence-electron chi connectivity index (χ3n) is 2.11. The van der Waals surface area contributed by atoms with E-state index in [1.807, 2.05) is 0 Å². The molecule has 0 fully saturated rings. The minimum absolute atomic E-state index is 0.0373. The van der Waals surface area contributed by atoms with Gasteiger partial charge in [-0.25, -0.2) is 13.6 Å². The maximum Gasteiger partial charge on any atom is 0.261 e. The van der Waals surface area contributed by atoms with Crippen molar-refractivity contribution in [3.05, 3.63) is 23.8 Å². The molecule has 0 radical (unpaired) electrons. The van der Waals surface area contributed by atoms with Crippen molar-refractivity contribution in [1.29, 1.82) is 0 Å². The quantitative estimate of drug-likeness (QED) is 0.496. The monoisotopic (exact) mass is 342 g/mol. The van der Waals surface area contributed by atoms with Crippen LogP contribution in [0.5, 0.6) is 5.75 Å². The molecule has 0 aliphatic carbocycles. The van der Waals surface area contributed by atoms with Gasteiger partial charge in [-0.3, -0.25) is 4.55 Å². The van der Waals surface area contributed by atoms with Crippen molar-refractivity contribution < 1.29 is 31.2 Å². The van der Waals surface area contributed by atoms with Crippen LogP contribution < -0.4 is 15.6 Å². The number of nitrogens with two attached hydrogens (primary N) is 2. The molecule has 1 aromatic rings. The Bertz CT molecular complexity index is 663. The lowest BCUT2D eigenvalue weighted by Gasteiger charge is -2.13. The molecule has 0 aliphatic rings. The van der Waals surface area contributed by atoms with Crippen LogP contribution in [-0.2, 0) is 20.1 Å². The molecule has 21 heavy (non-hydrogen) atoms. The number of hydrogen-bond acceptors (Lipinski definition) is 7. The second kappa shape index (κ2) is 7.68. The molecule has 0 bridgehead atoms. The molecule has 1 atom stereocenters. The van der Waals surface area contributed by atoms with Crippen LogP contribution in [-0.4, -0.2) is 46.4 Å². The molecule has 0 saturated carbocycles. The molecule has 0 spiro atoms. The summed E-state index contributed by atoms with van der Waals surface area (Å²) in [4.78, 5) is -0.0872. The number of aliphatic hydroxyl groups excluding tert-OH is 1. The van der Waals surface area contributed by atoms with Crippen molar-refractivity contribution in [3.63, 3.8) is 0 Å². The predicted octanol–water partition coefficient (Wildman–Crippen LogP) is -1.16. The van der Waals surface area contributed by atoms with E-state index in [1.54, 1.807) is 0 Å². The molecule has 1 unspecified atom stereocenters. The van der Waals surface area contributed by atoms with Crippen LogP contribution in [0.4, 0.5) is 0 Å². The average Bonchev–Trinajstić information content (AvgIpc) is 2.34. The van der Waals surface area contributed by atoms with E-state index >= 15 is 0 Å². The number of ether oxygens (including phenoxy) is 1. The third kappa shape index (κ3) is 7.94. The Kier molecular flexibility index (Phi) is 7.23. The van der Waals surface area contributed by atoms with Crippen LogP contribution in [0.25, 0.3) is 0 Å². The molecule has 1 rings (SSSR count). The lowest BCUT2D eigenvalue weighted by Crippen LogP contribution is -2.16. The summed E-state index contributed by atoms with van der Waals surface area (Å²) in [7, 11) is -6.05. The normalized spacial score (nSPS) is 13.0. The molecule has 11 heteroatoms. The summed E-state index contributed by atoms with van der Waals surface area (Å²) in [6, 6.07) is 3.99. The van der Waals surface area contributed by atoms with Gasteiger partial charge in [-0.15, -0.1) is 0 Å². The SMILES string of the molecule is COc1ccc(S(N)(=O)=O)cc1C(O)CN.CS(=O)(=O)O. The Morgan fingerprint density at radius 2 is 1.76 bits per heavy atom. The van der Waals surface area contributed by atoms with Crippen LogP contribution in [0.2, 0.25) is 0 Å². The zero-order valence-corrected chi connectivity index (χ0v) is 13.1. The standard InChI is InChI=1S/C9H14N2O4S.CH4O3S/c1-15-9-3-2-6(16(11,13)14)4-7(9)8(12)5-10;1-5(2,3)4/h2-4,8,12H,5,10H2,1H3,(H2,11,13,14);1H3,(H,2,3,4). The minimum atomic E-state index is -3.80. The fraction of sp³-hybridized carbons (Fsp3) is 0.400. The van der Waals surface area contributed by atoms with Gasteiger partial charge in [-0.1, -0.05) is 0 Å². The van der Waals surface area contributed by atoms with Gasteiger partial charge in [0.15, 0.2) is 0 Å². The molecule has 9 nitrogen and oxygen atoms in total. The van der Waals surface area contributed by atoms with Crippen molar-refractivity contribution in [3.8, 4) is 5.75 Å². The molecule has 6 N–H and O–H groups in total. The van der Waals surface area contributed by atoms with E-state index in [4.69, 9.17) is 20.2 Å². The van der Waals surface area contributed by atoms with Crippen LogP contribution in [0.15, 0.2) is 23.1 Å². The van der Waals surface area contributed by atoms with E-state index in [1.165, 1.54) is 25.3 Å². The molecule has 0 heterocycles. The number of methoxy groups -OCH3 is 1. The molecule has 0 amide bonds. The summed E-state index contributed by atoms with van der Waals surface area (Å²) in [5.41, 5.74) is 5.60. The van der Waals surface area contributed by atoms with Gasteiger partial charge < -0.3 is 15.6 Å². The first-order valence-corrected chi connectivity index (χ1v) is 8.81. The number of sulfonamides is 1. The van der Waals surface area contributed by atoms with Gasteiger partial charge in [0.25, 0.3) is 10.1 Å². The topological polar surface area (TPSA) is 170 Å². The fourth-order valence-electron chi connectivity index (χ4n) is 1.28. The maximum absolute atomic E-state index is 11.1. The van der Waals surface area contributed by atoms with E-state index in [9.17, 15) is 21.9 Å². The molecular weight excluding hydrogens is 324 g/mol. The minimum Gasteiger partial charge on any atom is -0.496 e. The first-order valence-electron chi connectivity index (χ1n) is 5.41.